The molecular weight excluding hydrogens is 394 g/mol. The Kier molecular flexibility index (Phi) is 6.71. The molecule has 29 heavy (non-hydrogen) atoms. The lowest BCUT2D eigenvalue weighted by Gasteiger charge is -2.33. The molecule has 0 aliphatic carbocycles. The van der Waals surface area contributed by atoms with Crippen LogP contribution in [0.1, 0.15) is 29.4 Å². The van der Waals surface area contributed by atoms with E-state index in [9.17, 15) is 18.0 Å². The molecule has 1 aliphatic heterocycles. The minimum Gasteiger partial charge on any atom is -0.451 e. The van der Waals surface area contributed by atoms with Crippen LogP contribution in [0.25, 0.3) is 0 Å². The lowest BCUT2D eigenvalue weighted by Crippen LogP contribution is -2.51. The topological polar surface area (TPSA) is 99.8 Å². The van der Waals surface area contributed by atoms with Gasteiger partial charge in [-0.3, -0.25) is 4.79 Å². The summed E-state index contributed by atoms with van der Waals surface area (Å²) >= 11 is 0. The van der Waals surface area contributed by atoms with E-state index >= 15 is 0 Å². The first-order valence-corrected chi connectivity index (χ1v) is 11.0. The number of benzene rings is 1. The monoisotopic (exact) mass is 419 g/mol. The van der Waals surface area contributed by atoms with E-state index in [1.54, 1.807) is 30.5 Å². The van der Waals surface area contributed by atoms with Crippen molar-refractivity contribution in [2.75, 3.05) is 32.8 Å². The van der Waals surface area contributed by atoms with Gasteiger partial charge in [-0.2, -0.15) is 4.31 Å². The Bertz CT molecular complexity index is 931. The average molecular weight is 420 g/mol. The fourth-order valence-electron chi connectivity index (χ4n) is 3.20. The van der Waals surface area contributed by atoms with Crippen LogP contribution in [0.4, 0.5) is 0 Å². The maximum Gasteiger partial charge on any atom is 0.355 e. The van der Waals surface area contributed by atoms with E-state index in [0.29, 0.717) is 0 Å². The molecule has 1 amide bonds. The molecule has 3 rings (SSSR count). The number of hydrogen-bond acceptors (Lipinski definition) is 5. The number of carbonyl (C=O) groups excluding carboxylic acids is 2. The van der Waals surface area contributed by atoms with Crippen LogP contribution < -0.4 is 0 Å². The zero-order chi connectivity index (χ0) is 20.9. The zero-order valence-electron chi connectivity index (χ0n) is 16.3. The third-order valence-corrected chi connectivity index (χ3v) is 6.75. The zero-order valence-corrected chi connectivity index (χ0v) is 17.2. The van der Waals surface area contributed by atoms with Crippen molar-refractivity contribution < 1.29 is 22.7 Å². The van der Waals surface area contributed by atoms with Crippen LogP contribution in [0.15, 0.2) is 47.5 Å². The first-order valence-electron chi connectivity index (χ1n) is 9.59. The van der Waals surface area contributed by atoms with Gasteiger partial charge in [0.2, 0.25) is 10.0 Å². The van der Waals surface area contributed by atoms with Gasteiger partial charge in [-0.1, -0.05) is 25.5 Å². The molecule has 0 atom stereocenters. The molecule has 156 valence electrons. The number of aromatic amines is 1. The van der Waals surface area contributed by atoms with Crippen LogP contribution in [0.2, 0.25) is 0 Å². The van der Waals surface area contributed by atoms with Crippen molar-refractivity contribution in [2.45, 2.75) is 24.7 Å². The Balaban J connectivity index is 1.52. The van der Waals surface area contributed by atoms with E-state index in [4.69, 9.17) is 4.74 Å². The molecule has 1 aromatic carbocycles. The SMILES string of the molecule is CCCc1ccc(S(=O)(=O)N2CCN(C(=O)COC(=O)c3ccc[nH]3)CC2)cc1. The summed E-state index contributed by atoms with van der Waals surface area (Å²) in [4.78, 5) is 28.5. The van der Waals surface area contributed by atoms with Crippen LogP contribution >= 0.6 is 0 Å². The van der Waals surface area contributed by atoms with Gasteiger partial charge in [0.25, 0.3) is 5.91 Å². The fraction of sp³-hybridized carbons (Fsp3) is 0.400. The van der Waals surface area contributed by atoms with Gasteiger partial charge in [0.05, 0.1) is 4.90 Å². The van der Waals surface area contributed by atoms with Gasteiger partial charge < -0.3 is 14.6 Å². The Morgan fingerprint density at radius 2 is 1.76 bits per heavy atom. The number of hydrogen-bond donors (Lipinski definition) is 1. The molecule has 0 unspecified atom stereocenters. The molecule has 1 fully saturated rings. The highest BCUT2D eigenvalue weighted by Crippen LogP contribution is 2.19. The first kappa shape index (κ1) is 21.1. The van der Waals surface area contributed by atoms with Crippen LogP contribution in [0, 0.1) is 0 Å². The molecule has 8 nitrogen and oxygen atoms in total. The van der Waals surface area contributed by atoms with Crippen LogP contribution in [-0.4, -0.2) is 67.3 Å². The van der Waals surface area contributed by atoms with Gasteiger partial charge in [-0.05, 0) is 36.2 Å². The number of rotatable bonds is 7. The molecule has 2 aromatic rings. The van der Waals surface area contributed by atoms with Crippen molar-refractivity contribution in [1.82, 2.24) is 14.2 Å². The minimum absolute atomic E-state index is 0.204. The molecule has 9 heteroatoms. The van der Waals surface area contributed by atoms with E-state index in [1.165, 1.54) is 9.21 Å². The third kappa shape index (κ3) is 5.04. The van der Waals surface area contributed by atoms with E-state index in [-0.39, 0.29) is 49.3 Å². The lowest BCUT2D eigenvalue weighted by atomic mass is 10.1. The highest BCUT2D eigenvalue weighted by molar-refractivity contribution is 7.89. The summed E-state index contributed by atoms with van der Waals surface area (Å²) < 4.78 is 32.0. The summed E-state index contributed by atoms with van der Waals surface area (Å²) in [5.41, 5.74) is 1.38. The summed E-state index contributed by atoms with van der Waals surface area (Å²) in [5, 5.41) is 0. The lowest BCUT2D eigenvalue weighted by molar-refractivity contribution is -0.135. The van der Waals surface area contributed by atoms with E-state index in [0.717, 1.165) is 18.4 Å². The summed E-state index contributed by atoms with van der Waals surface area (Å²) in [6.45, 7) is 2.62. The molecular formula is C20H25N3O5S. The average Bonchev–Trinajstić information content (AvgIpc) is 3.27. The fourth-order valence-corrected chi connectivity index (χ4v) is 4.62. The standard InChI is InChI=1S/C20H25N3O5S/c1-2-4-16-6-8-17(9-7-16)29(26,27)23-13-11-22(12-14-23)19(24)15-28-20(25)18-5-3-10-21-18/h3,5-10,21H,2,4,11-15H2,1H3. The van der Waals surface area contributed by atoms with E-state index in [2.05, 4.69) is 11.9 Å². The van der Waals surface area contributed by atoms with Gasteiger partial charge in [0.15, 0.2) is 6.61 Å². The number of aryl methyl sites for hydroxylation is 1. The second-order valence-electron chi connectivity index (χ2n) is 6.84. The summed E-state index contributed by atoms with van der Waals surface area (Å²) in [7, 11) is -3.59. The normalized spacial score (nSPS) is 15.3. The molecule has 1 N–H and O–H groups in total. The maximum absolute atomic E-state index is 12.8. The summed E-state index contributed by atoms with van der Waals surface area (Å²) in [5.74, 6) is -0.943. The molecule has 1 saturated heterocycles. The maximum atomic E-state index is 12.8. The highest BCUT2D eigenvalue weighted by Gasteiger charge is 2.30. The smallest absolute Gasteiger partial charge is 0.355 e. The van der Waals surface area contributed by atoms with Crippen molar-refractivity contribution in [3.63, 3.8) is 0 Å². The number of H-pyrrole nitrogens is 1. The summed E-state index contributed by atoms with van der Waals surface area (Å²) in [6.07, 6.45) is 3.51. The molecule has 0 radical (unpaired) electrons. The predicted octanol–water partition coefficient (Wildman–Crippen LogP) is 1.66. The molecule has 0 bridgehead atoms. The number of ether oxygens (including phenoxy) is 1. The number of nitrogens with one attached hydrogen (secondary N) is 1. The third-order valence-electron chi connectivity index (χ3n) is 4.84. The van der Waals surface area contributed by atoms with E-state index in [1.807, 2.05) is 12.1 Å². The van der Waals surface area contributed by atoms with Crippen LogP contribution in [0.5, 0.6) is 0 Å². The van der Waals surface area contributed by atoms with Crippen LogP contribution in [0.3, 0.4) is 0 Å². The van der Waals surface area contributed by atoms with Gasteiger partial charge in [0.1, 0.15) is 5.69 Å². The van der Waals surface area contributed by atoms with E-state index < -0.39 is 16.0 Å². The first-order chi connectivity index (χ1) is 13.9. The minimum atomic E-state index is -3.59. The highest BCUT2D eigenvalue weighted by atomic mass is 32.2. The Morgan fingerprint density at radius 3 is 2.34 bits per heavy atom. The van der Waals surface area contributed by atoms with Crippen molar-refractivity contribution in [3.8, 4) is 0 Å². The molecule has 1 aliphatic rings. The number of amides is 1. The summed E-state index contributed by atoms with van der Waals surface area (Å²) in [6, 6.07) is 10.2. The number of piperazine rings is 1. The van der Waals surface area contributed by atoms with Gasteiger partial charge in [-0.15, -0.1) is 0 Å². The second kappa shape index (κ2) is 9.23. The number of sulfonamides is 1. The van der Waals surface area contributed by atoms with Gasteiger partial charge in [-0.25, -0.2) is 13.2 Å². The number of nitrogens with zero attached hydrogens (tertiary/aromatic N) is 2. The largest absolute Gasteiger partial charge is 0.451 e. The number of carbonyl (C=O) groups is 2. The Hall–Kier alpha value is -2.65. The molecule has 0 spiro atoms. The molecule has 1 aromatic heterocycles. The molecule has 0 saturated carbocycles. The van der Waals surface area contributed by atoms with Crippen molar-refractivity contribution in [2.24, 2.45) is 0 Å². The van der Waals surface area contributed by atoms with Crippen molar-refractivity contribution in [1.29, 1.82) is 0 Å². The second-order valence-corrected chi connectivity index (χ2v) is 8.78. The number of aromatic nitrogens is 1. The Labute approximate surface area is 170 Å². The predicted molar refractivity (Wildman–Crippen MR) is 107 cm³/mol. The van der Waals surface area contributed by atoms with Crippen molar-refractivity contribution >= 4 is 21.9 Å². The van der Waals surface area contributed by atoms with Gasteiger partial charge in [0, 0.05) is 32.4 Å². The van der Waals surface area contributed by atoms with Gasteiger partial charge >= 0.3 is 5.97 Å². The van der Waals surface area contributed by atoms with Crippen LogP contribution in [-0.2, 0) is 26.0 Å². The quantitative estimate of drug-likeness (QED) is 0.688. The van der Waals surface area contributed by atoms with Crippen molar-refractivity contribution in [3.05, 3.63) is 53.9 Å². The Morgan fingerprint density at radius 1 is 1.07 bits per heavy atom. The number of esters is 1. The molecule has 2 heterocycles.